The van der Waals surface area contributed by atoms with Crippen LogP contribution in [0.3, 0.4) is 0 Å². The molecule has 5 nitrogen and oxygen atoms in total. The molecule has 0 bridgehead atoms. The van der Waals surface area contributed by atoms with E-state index in [2.05, 4.69) is 4.99 Å². The number of hydrogen-bond donors (Lipinski definition) is 1. The fraction of sp³-hybridized carbons (Fsp3) is 0.167. The molecular formula is C18H13Cl2FN2O3S. The first-order valence-corrected chi connectivity index (χ1v) is 9.47. The van der Waals surface area contributed by atoms with Gasteiger partial charge < -0.3 is 9.67 Å². The van der Waals surface area contributed by atoms with Gasteiger partial charge in [0.2, 0.25) is 0 Å². The van der Waals surface area contributed by atoms with Crippen LogP contribution in [-0.4, -0.2) is 21.6 Å². The molecule has 0 radical (unpaired) electrons. The molecule has 0 saturated carbocycles. The number of fused-ring (bicyclic) bond motifs is 1. The molecule has 3 rings (SSSR count). The summed E-state index contributed by atoms with van der Waals surface area (Å²) in [6.45, 7) is 1.73. The number of carboxylic acid groups (broad SMARTS) is 1. The van der Waals surface area contributed by atoms with Gasteiger partial charge in [-0.2, -0.15) is 4.99 Å². The Kier molecular flexibility index (Phi) is 5.64. The van der Waals surface area contributed by atoms with E-state index in [1.54, 1.807) is 19.1 Å². The molecule has 0 aliphatic rings. The maximum atomic E-state index is 13.7. The average molecular weight is 427 g/mol. The third kappa shape index (κ3) is 3.76. The van der Waals surface area contributed by atoms with Gasteiger partial charge in [-0.05, 0) is 30.7 Å². The number of rotatable bonds is 4. The zero-order valence-electron chi connectivity index (χ0n) is 13.9. The van der Waals surface area contributed by atoms with E-state index >= 15 is 0 Å². The van der Waals surface area contributed by atoms with Crippen LogP contribution >= 0.6 is 34.5 Å². The van der Waals surface area contributed by atoms with Crippen molar-refractivity contribution in [3.05, 3.63) is 62.6 Å². The Balaban J connectivity index is 2.23. The van der Waals surface area contributed by atoms with Crippen LogP contribution in [0, 0.1) is 5.82 Å². The topological polar surface area (TPSA) is 71.7 Å². The van der Waals surface area contributed by atoms with Crippen molar-refractivity contribution in [1.82, 2.24) is 4.57 Å². The summed E-state index contributed by atoms with van der Waals surface area (Å²) in [6, 6.07) is 8.30. The first kappa shape index (κ1) is 19.5. The number of benzene rings is 2. The molecule has 2 aromatic carbocycles. The summed E-state index contributed by atoms with van der Waals surface area (Å²) in [5, 5.41) is 9.33. The van der Waals surface area contributed by atoms with Crippen molar-refractivity contribution in [3.63, 3.8) is 0 Å². The summed E-state index contributed by atoms with van der Waals surface area (Å²) in [5.41, 5.74) is 0.502. The Bertz CT molecular complexity index is 1120. The number of carboxylic acids is 1. The lowest BCUT2D eigenvalue weighted by molar-refractivity contribution is -0.140. The number of halogens is 3. The van der Waals surface area contributed by atoms with Gasteiger partial charge in [-0.25, -0.2) is 9.18 Å². The van der Waals surface area contributed by atoms with Crippen LogP contribution in [0.25, 0.3) is 10.2 Å². The van der Waals surface area contributed by atoms with E-state index in [0.29, 0.717) is 11.9 Å². The standard InChI is InChI=1S/C18H13Cl2FN2O3S/c1-2-13(17(25)26)23-14-5-3-4-6-15(14)27-18(23)22-16(24)9-7-12(21)11(20)8-10(9)19/h3-8,13H,2H2,1H3,(H,25,26)/b22-18-. The van der Waals surface area contributed by atoms with Gasteiger partial charge in [-0.3, -0.25) is 4.79 Å². The van der Waals surface area contributed by atoms with Gasteiger partial charge in [-0.15, -0.1) is 0 Å². The molecule has 0 spiro atoms. The molecule has 0 saturated heterocycles. The van der Waals surface area contributed by atoms with E-state index in [-0.39, 0.29) is 20.4 Å². The van der Waals surface area contributed by atoms with Gasteiger partial charge in [0.25, 0.3) is 5.91 Å². The predicted octanol–water partition coefficient (Wildman–Crippen LogP) is 4.93. The highest BCUT2D eigenvalue weighted by Crippen LogP contribution is 2.26. The van der Waals surface area contributed by atoms with Crippen LogP contribution in [0.5, 0.6) is 0 Å². The van der Waals surface area contributed by atoms with Gasteiger partial charge in [0.1, 0.15) is 11.9 Å². The number of hydrogen-bond acceptors (Lipinski definition) is 3. The van der Waals surface area contributed by atoms with E-state index in [1.807, 2.05) is 12.1 Å². The zero-order chi connectivity index (χ0) is 19.7. The summed E-state index contributed by atoms with van der Waals surface area (Å²) >= 11 is 12.8. The van der Waals surface area contributed by atoms with Crippen LogP contribution in [0.15, 0.2) is 41.4 Å². The Labute approximate surface area is 167 Å². The lowest BCUT2D eigenvalue weighted by atomic mass is 10.2. The number of amides is 1. The van der Waals surface area contributed by atoms with Crippen LogP contribution in [0.2, 0.25) is 10.0 Å². The summed E-state index contributed by atoms with van der Waals surface area (Å²) in [4.78, 5) is 28.5. The normalized spacial score (nSPS) is 13.1. The van der Waals surface area contributed by atoms with E-state index in [0.717, 1.165) is 16.8 Å². The van der Waals surface area contributed by atoms with E-state index in [1.165, 1.54) is 15.9 Å². The van der Waals surface area contributed by atoms with Crippen molar-refractivity contribution in [3.8, 4) is 0 Å². The van der Waals surface area contributed by atoms with Crippen LogP contribution in [0.4, 0.5) is 4.39 Å². The highest BCUT2D eigenvalue weighted by Gasteiger charge is 2.22. The second-order valence-electron chi connectivity index (χ2n) is 5.65. The fourth-order valence-corrected chi connectivity index (χ4v) is 4.20. The minimum atomic E-state index is -1.04. The summed E-state index contributed by atoms with van der Waals surface area (Å²) in [7, 11) is 0. The van der Waals surface area contributed by atoms with Crippen LogP contribution in [-0.2, 0) is 4.79 Å². The third-order valence-electron chi connectivity index (χ3n) is 3.95. The number of para-hydroxylation sites is 1. The van der Waals surface area contributed by atoms with Gasteiger partial charge >= 0.3 is 5.97 Å². The van der Waals surface area contributed by atoms with Crippen molar-refractivity contribution >= 4 is 56.6 Å². The highest BCUT2D eigenvalue weighted by atomic mass is 35.5. The Morgan fingerprint density at radius 2 is 1.96 bits per heavy atom. The van der Waals surface area contributed by atoms with Gasteiger partial charge in [0, 0.05) is 0 Å². The van der Waals surface area contributed by atoms with Crippen molar-refractivity contribution in [2.45, 2.75) is 19.4 Å². The first-order valence-electron chi connectivity index (χ1n) is 7.90. The molecule has 1 N–H and O–H groups in total. The van der Waals surface area contributed by atoms with E-state index in [4.69, 9.17) is 23.2 Å². The summed E-state index contributed by atoms with van der Waals surface area (Å²) < 4.78 is 16.0. The van der Waals surface area contributed by atoms with Crippen molar-refractivity contribution < 1.29 is 19.1 Å². The van der Waals surface area contributed by atoms with Crippen molar-refractivity contribution in [2.75, 3.05) is 0 Å². The lowest BCUT2D eigenvalue weighted by Crippen LogP contribution is -2.27. The van der Waals surface area contributed by atoms with Gasteiger partial charge in [-0.1, -0.05) is 53.6 Å². The Morgan fingerprint density at radius 1 is 1.26 bits per heavy atom. The molecular weight excluding hydrogens is 414 g/mol. The first-order chi connectivity index (χ1) is 12.8. The molecule has 1 heterocycles. The fourth-order valence-electron chi connectivity index (χ4n) is 2.67. The highest BCUT2D eigenvalue weighted by molar-refractivity contribution is 7.16. The van der Waals surface area contributed by atoms with Crippen molar-refractivity contribution in [2.24, 2.45) is 4.99 Å². The molecule has 1 atom stereocenters. The smallest absolute Gasteiger partial charge is 0.326 e. The molecule has 0 aliphatic heterocycles. The maximum absolute atomic E-state index is 13.7. The predicted molar refractivity (Wildman–Crippen MR) is 103 cm³/mol. The number of carbonyl (C=O) groups is 2. The van der Waals surface area contributed by atoms with E-state index in [9.17, 15) is 19.1 Å². The zero-order valence-corrected chi connectivity index (χ0v) is 16.3. The molecule has 1 aromatic heterocycles. The monoisotopic (exact) mass is 426 g/mol. The SMILES string of the molecule is CCC(C(=O)O)n1/c(=N/C(=O)c2cc(F)c(Cl)cc2Cl)sc2ccccc21. The average Bonchev–Trinajstić information content (AvgIpc) is 2.96. The van der Waals surface area contributed by atoms with E-state index < -0.39 is 23.7 Å². The molecule has 0 fully saturated rings. The number of aliphatic carboxylic acids is 1. The number of aromatic nitrogens is 1. The number of carbonyl (C=O) groups excluding carboxylic acids is 1. The number of thiazole rings is 1. The summed E-state index contributed by atoms with van der Waals surface area (Å²) in [6.07, 6.45) is 0.299. The molecule has 140 valence electrons. The van der Waals surface area contributed by atoms with Gasteiger partial charge in [0.05, 0.1) is 25.8 Å². The molecule has 9 heteroatoms. The van der Waals surface area contributed by atoms with Gasteiger partial charge in [0.15, 0.2) is 4.80 Å². The largest absolute Gasteiger partial charge is 0.480 e. The molecule has 27 heavy (non-hydrogen) atoms. The molecule has 0 aliphatic carbocycles. The van der Waals surface area contributed by atoms with Crippen LogP contribution < -0.4 is 4.80 Å². The second kappa shape index (κ2) is 7.80. The minimum Gasteiger partial charge on any atom is -0.480 e. The van der Waals surface area contributed by atoms with Crippen molar-refractivity contribution in [1.29, 1.82) is 0 Å². The van der Waals surface area contributed by atoms with Crippen LogP contribution in [0.1, 0.15) is 29.7 Å². The number of nitrogens with zero attached hydrogens (tertiary/aromatic N) is 2. The lowest BCUT2D eigenvalue weighted by Gasteiger charge is -2.13. The Morgan fingerprint density at radius 3 is 2.63 bits per heavy atom. The summed E-state index contributed by atoms with van der Waals surface area (Å²) in [5.74, 6) is -2.61. The maximum Gasteiger partial charge on any atom is 0.326 e. The minimum absolute atomic E-state index is 0.0342. The molecule has 1 unspecified atom stereocenters. The third-order valence-corrected chi connectivity index (χ3v) is 5.59. The molecule has 1 amide bonds. The second-order valence-corrected chi connectivity index (χ2v) is 7.47. The molecule has 3 aromatic rings. The quantitative estimate of drug-likeness (QED) is 0.601. The Hall–Kier alpha value is -2.22.